The lowest BCUT2D eigenvalue weighted by Crippen LogP contribution is -2.48. The van der Waals surface area contributed by atoms with Crippen LogP contribution in [0.3, 0.4) is 0 Å². The van der Waals surface area contributed by atoms with E-state index < -0.39 is 10.0 Å². The highest BCUT2D eigenvalue weighted by Crippen LogP contribution is 2.28. The third-order valence-corrected chi connectivity index (χ3v) is 8.14. The fraction of sp³-hybridized carbons (Fsp3) is 0.333. The quantitative estimate of drug-likeness (QED) is 0.576. The van der Waals surface area contributed by atoms with Gasteiger partial charge in [-0.1, -0.05) is 17.7 Å². The molecule has 3 aromatic rings. The lowest BCUT2D eigenvalue weighted by atomic mass is 10.0. The molecular formula is C24H27N3O4S2. The lowest BCUT2D eigenvalue weighted by Gasteiger charge is -2.34. The number of amides is 1. The zero-order valence-electron chi connectivity index (χ0n) is 19.0. The van der Waals surface area contributed by atoms with Gasteiger partial charge in [0.1, 0.15) is 0 Å². The predicted molar refractivity (Wildman–Crippen MR) is 130 cm³/mol. The smallest absolute Gasteiger partial charge is 0.257 e. The van der Waals surface area contributed by atoms with Gasteiger partial charge in [-0.15, -0.1) is 11.3 Å². The zero-order chi connectivity index (χ0) is 23.8. The molecule has 1 aliphatic rings. The van der Waals surface area contributed by atoms with E-state index >= 15 is 0 Å². The van der Waals surface area contributed by atoms with Gasteiger partial charge in [-0.2, -0.15) is 4.31 Å². The van der Waals surface area contributed by atoms with Crippen molar-refractivity contribution in [3.05, 3.63) is 64.5 Å². The number of morpholine rings is 1. The van der Waals surface area contributed by atoms with Crippen molar-refractivity contribution in [2.45, 2.75) is 44.8 Å². The molecule has 0 bridgehead atoms. The summed E-state index contributed by atoms with van der Waals surface area (Å²) in [7, 11) is -3.65. The summed E-state index contributed by atoms with van der Waals surface area (Å²) >= 11 is 1.35. The Bertz CT molecular complexity index is 1260. The van der Waals surface area contributed by atoms with Crippen molar-refractivity contribution in [3.63, 3.8) is 0 Å². The van der Waals surface area contributed by atoms with Crippen LogP contribution in [0.25, 0.3) is 11.3 Å². The molecule has 1 saturated heterocycles. The average molecular weight is 486 g/mol. The fourth-order valence-electron chi connectivity index (χ4n) is 3.89. The largest absolute Gasteiger partial charge is 0.373 e. The van der Waals surface area contributed by atoms with E-state index in [-0.39, 0.29) is 23.0 Å². The van der Waals surface area contributed by atoms with Crippen LogP contribution in [0.15, 0.2) is 52.7 Å². The van der Waals surface area contributed by atoms with E-state index in [0.29, 0.717) is 23.8 Å². The van der Waals surface area contributed by atoms with E-state index in [1.54, 1.807) is 0 Å². The number of anilines is 1. The molecular weight excluding hydrogens is 458 g/mol. The average Bonchev–Trinajstić information content (AvgIpc) is 3.23. The third-order valence-electron chi connectivity index (χ3n) is 5.53. The molecule has 2 heterocycles. The highest BCUT2D eigenvalue weighted by Gasteiger charge is 2.32. The van der Waals surface area contributed by atoms with Crippen molar-refractivity contribution in [2.24, 2.45) is 0 Å². The molecule has 0 aliphatic carbocycles. The summed E-state index contributed by atoms with van der Waals surface area (Å²) in [5.74, 6) is -0.338. The Kier molecular flexibility index (Phi) is 6.67. The van der Waals surface area contributed by atoms with Crippen LogP contribution in [0, 0.1) is 13.8 Å². The van der Waals surface area contributed by atoms with Crippen molar-refractivity contribution in [1.82, 2.24) is 9.29 Å². The van der Waals surface area contributed by atoms with E-state index in [1.807, 2.05) is 33.1 Å². The first-order chi connectivity index (χ1) is 15.6. The van der Waals surface area contributed by atoms with Crippen molar-refractivity contribution in [3.8, 4) is 11.3 Å². The Morgan fingerprint density at radius 3 is 2.42 bits per heavy atom. The molecule has 1 N–H and O–H groups in total. The SMILES string of the molecule is Cc1ccc(C)c(-c2csc(NC(=O)c3ccc(S(=O)(=O)N4CC(C)OC(C)C4)cc3)n2)c1. The summed E-state index contributed by atoms with van der Waals surface area (Å²) in [6.45, 7) is 8.39. The number of ether oxygens (including phenoxy) is 1. The molecule has 1 aliphatic heterocycles. The molecule has 0 saturated carbocycles. The molecule has 33 heavy (non-hydrogen) atoms. The second kappa shape index (κ2) is 9.34. The standard InChI is InChI=1S/C24H27N3O4S2/c1-15-5-6-16(2)21(11-15)22-14-32-24(25-22)26-23(28)19-7-9-20(10-8-19)33(29,30)27-12-17(3)31-18(4)13-27/h5-11,14,17-18H,12-13H2,1-4H3,(H,25,26,28). The van der Waals surface area contributed by atoms with Gasteiger partial charge in [0, 0.05) is 29.6 Å². The number of hydrogen-bond donors (Lipinski definition) is 1. The summed E-state index contributed by atoms with van der Waals surface area (Å²) in [4.78, 5) is 17.4. The molecule has 7 nitrogen and oxygen atoms in total. The summed E-state index contributed by atoms with van der Waals surface area (Å²) in [6.07, 6.45) is -0.333. The number of thiazole rings is 1. The Labute approximate surface area is 198 Å². The Hall–Kier alpha value is -2.59. The fourth-order valence-corrected chi connectivity index (χ4v) is 6.19. The van der Waals surface area contributed by atoms with Crippen molar-refractivity contribution >= 4 is 32.4 Å². The Morgan fingerprint density at radius 2 is 1.76 bits per heavy atom. The van der Waals surface area contributed by atoms with E-state index in [2.05, 4.69) is 28.5 Å². The number of nitrogens with one attached hydrogen (secondary N) is 1. The van der Waals surface area contributed by atoms with E-state index in [0.717, 1.165) is 22.4 Å². The maximum atomic E-state index is 13.0. The molecule has 2 unspecified atom stereocenters. The Morgan fingerprint density at radius 1 is 1.09 bits per heavy atom. The molecule has 0 radical (unpaired) electrons. The number of sulfonamides is 1. The molecule has 4 rings (SSSR count). The van der Waals surface area contributed by atoms with Crippen LogP contribution in [0.5, 0.6) is 0 Å². The van der Waals surface area contributed by atoms with Crippen LogP contribution in [-0.4, -0.2) is 48.9 Å². The predicted octanol–water partition coefficient (Wildman–Crippen LogP) is 4.48. The van der Waals surface area contributed by atoms with Crippen LogP contribution < -0.4 is 5.32 Å². The van der Waals surface area contributed by atoms with Gasteiger partial charge in [0.2, 0.25) is 10.0 Å². The molecule has 1 amide bonds. The molecule has 2 atom stereocenters. The second-order valence-corrected chi connectivity index (χ2v) is 11.2. The van der Waals surface area contributed by atoms with E-state index in [9.17, 15) is 13.2 Å². The number of nitrogens with zero attached hydrogens (tertiary/aromatic N) is 2. The van der Waals surface area contributed by atoms with E-state index in [1.165, 1.54) is 39.9 Å². The number of aryl methyl sites for hydroxylation is 2. The minimum absolute atomic E-state index is 0.159. The van der Waals surface area contributed by atoms with Gasteiger partial charge in [0.25, 0.3) is 5.91 Å². The maximum Gasteiger partial charge on any atom is 0.257 e. The first kappa shape index (κ1) is 23.6. The molecule has 2 aromatic carbocycles. The molecule has 174 valence electrons. The number of carbonyl (C=O) groups excluding carboxylic acids is 1. The minimum atomic E-state index is -3.65. The van der Waals surface area contributed by atoms with Gasteiger partial charge in [-0.25, -0.2) is 13.4 Å². The van der Waals surface area contributed by atoms with Gasteiger partial charge in [0.15, 0.2) is 5.13 Å². The number of hydrogen-bond acceptors (Lipinski definition) is 6. The Balaban J connectivity index is 1.47. The number of rotatable bonds is 5. The molecule has 1 fully saturated rings. The van der Waals surface area contributed by atoms with Gasteiger partial charge in [-0.05, 0) is 63.6 Å². The van der Waals surface area contributed by atoms with Gasteiger partial charge in [0.05, 0.1) is 22.8 Å². The van der Waals surface area contributed by atoms with Crippen molar-refractivity contribution in [2.75, 3.05) is 18.4 Å². The monoisotopic (exact) mass is 485 g/mol. The van der Waals surface area contributed by atoms with Gasteiger partial charge in [-0.3, -0.25) is 10.1 Å². The summed E-state index contributed by atoms with van der Waals surface area (Å²) in [6, 6.07) is 12.2. The third kappa shape index (κ3) is 5.16. The maximum absolute atomic E-state index is 13.0. The summed E-state index contributed by atoms with van der Waals surface area (Å²) in [5.41, 5.74) is 4.47. The highest BCUT2D eigenvalue weighted by molar-refractivity contribution is 7.89. The van der Waals surface area contributed by atoms with Crippen LogP contribution in [0.2, 0.25) is 0 Å². The first-order valence-corrected chi connectivity index (χ1v) is 13.1. The minimum Gasteiger partial charge on any atom is -0.373 e. The van der Waals surface area contributed by atoms with Crippen LogP contribution in [-0.2, 0) is 14.8 Å². The zero-order valence-corrected chi connectivity index (χ0v) is 20.7. The normalized spacial score (nSPS) is 19.4. The van der Waals surface area contributed by atoms with Crippen molar-refractivity contribution < 1.29 is 17.9 Å². The number of benzene rings is 2. The van der Waals surface area contributed by atoms with Crippen LogP contribution in [0.1, 0.15) is 35.3 Å². The van der Waals surface area contributed by atoms with Crippen LogP contribution in [0.4, 0.5) is 5.13 Å². The molecule has 0 spiro atoms. The number of aromatic nitrogens is 1. The van der Waals surface area contributed by atoms with Gasteiger partial charge >= 0.3 is 0 Å². The molecule has 1 aromatic heterocycles. The van der Waals surface area contributed by atoms with Gasteiger partial charge < -0.3 is 4.74 Å². The topological polar surface area (TPSA) is 88.6 Å². The number of carbonyl (C=O) groups is 1. The highest BCUT2D eigenvalue weighted by atomic mass is 32.2. The lowest BCUT2D eigenvalue weighted by molar-refractivity contribution is -0.0440. The van der Waals surface area contributed by atoms with Crippen molar-refractivity contribution in [1.29, 1.82) is 0 Å². The molecule has 9 heteroatoms. The van der Waals surface area contributed by atoms with E-state index in [4.69, 9.17) is 4.74 Å². The first-order valence-electron chi connectivity index (χ1n) is 10.7. The summed E-state index contributed by atoms with van der Waals surface area (Å²) in [5, 5.41) is 5.21. The second-order valence-electron chi connectivity index (χ2n) is 8.41. The van der Waals surface area contributed by atoms with Crippen LogP contribution >= 0.6 is 11.3 Å². The summed E-state index contributed by atoms with van der Waals surface area (Å²) < 4.78 is 33.1.